The van der Waals surface area contributed by atoms with E-state index in [1.807, 2.05) is 13.0 Å². The molecular formula is C18H20N6O3S2. The van der Waals surface area contributed by atoms with Crippen molar-refractivity contribution >= 4 is 33.0 Å². The number of carbonyl (C=O) groups excluding carboxylic acids is 1. The number of anilines is 1. The topological polar surface area (TPSA) is 110 Å². The van der Waals surface area contributed by atoms with Gasteiger partial charge in [-0.15, -0.1) is 16.4 Å². The summed E-state index contributed by atoms with van der Waals surface area (Å²) in [6.45, 7) is 2.48. The highest BCUT2D eigenvalue weighted by Crippen LogP contribution is 2.28. The van der Waals surface area contributed by atoms with Crippen molar-refractivity contribution in [2.75, 3.05) is 18.4 Å². The number of hydrogen-bond acceptors (Lipinski definition) is 7. The van der Waals surface area contributed by atoms with E-state index in [1.54, 1.807) is 30.3 Å². The van der Waals surface area contributed by atoms with Crippen LogP contribution in [0.5, 0.6) is 0 Å². The molecule has 152 valence electrons. The van der Waals surface area contributed by atoms with E-state index in [9.17, 15) is 13.2 Å². The minimum atomic E-state index is -3.57. The molecule has 0 saturated carbocycles. The molecule has 2 aromatic heterocycles. The fraction of sp³-hybridized carbons (Fsp3) is 0.333. The molecule has 1 atom stereocenters. The number of thiophene rings is 1. The van der Waals surface area contributed by atoms with E-state index in [-0.39, 0.29) is 12.5 Å². The first-order chi connectivity index (χ1) is 13.9. The molecule has 1 N–H and O–H groups in total. The molecule has 1 unspecified atom stereocenters. The van der Waals surface area contributed by atoms with Crippen molar-refractivity contribution in [3.8, 4) is 5.69 Å². The van der Waals surface area contributed by atoms with Crippen LogP contribution in [0, 0.1) is 12.8 Å². The van der Waals surface area contributed by atoms with Crippen molar-refractivity contribution in [3.05, 3.63) is 47.6 Å². The summed E-state index contributed by atoms with van der Waals surface area (Å²) in [6.07, 6.45) is 2.76. The van der Waals surface area contributed by atoms with Gasteiger partial charge in [0, 0.05) is 23.7 Å². The van der Waals surface area contributed by atoms with Gasteiger partial charge in [0.15, 0.2) is 0 Å². The Morgan fingerprint density at radius 2 is 2.14 bits per heavy atom. The van der Waals surface area contributed by atoms with Gasteiger partial charge in [-0.05, 0) is 60.5 Å². The molecule has 1 aromatic carbocycles. The number of piperidine rings is 1. The van der Waals surface area contributed by atoms with Crippen LogP contribution < -0.4 is 5.32 Å². The second-order valence-corrected chi connectivity index (χ2v) is 10.3. The number of aromatic nitrogens is 4. The summed E-state index contributed by atoms with van der Waals surface area (Å²) < 4.78 is 29.0. The lowest BCUT2D eigenvalue weighted by molar-refractivity contribution is -0.120. The maximum absolute atomic E-state index is 12.9. The average molecular weight is 433 g/mol. The molecule has 0 aliphatic carbocycles. The van der Waals surface area contributed by atoms with Gasteiger partial charge in [-0.2, -0.15) is 4.31 Å². The number of sulfonamides is 1. The van der Waals surface area contributed by atoms with Gasteiger partial charge in [-0.25, -0.2) is 13.1 Å². The van der Waals surface area contributed by atoms with Crippen LogP contribution >= 0.6 is 11.3 Å². The SMILES string of the molecule is Cc1ccc(S(=O)(=O)N2CCCC(C(=O)Nc3cccc(-n4cnnn4)c3)C2)s1. The van der Waals surface area contributed by atoms with Crippen LogP contribution in [0.4, 0.5) is 5.69 Å². The summed E-state index contributed by atoms with van der Waals surface area (Å²) in [6, 6.07) is 10.6. The zero-order chi connectivity index (χ0) is 20.4. The Bertz CT molecular complexity index is 1110. The summed E-state index contributed by atoms with van der Waals surface area (Å²) in [5.41, 5.74) is 1.32. The third-order valence-corrected chi connectivity index (χ3v) is 8.13. The molecule has 11 heteroatoms. The molecule has 1 saturated heterocycles. The molecule has 1 amide bonds. The summed E-state index contributed by atoms with van der Waals surface area (Å²) in [7, 11) is -3.57. The third-order valence-electron chi connectivity index (χ3n) is 4.79. The molecule has 3 heterocycles. The molecule has 0 bridgehead atoms. The first kappa shape index (κ1) is 19.7. The number of tetrazole rings is 1. The van der Waals surface area contributed by atoms with Gasteiger partial charge >= 0.3 is 0 Å². The number of carbonyl (C=O) groups is 1. The Morgan fingerprint density at radius 1 is 1.28 bits per heavy atom. The fourth-order valence-corrected chi connectivity index (χ4v) is 6.26. The van der Waals surface area contributed by atoms with Gasteiger partial charge in [-0.1, -0.05) is 6.07 Å². The molecule has 29 heavy (non-hydrogen) atoms. The van der Waals surface area contributed by atoms with Crippen LogP contribution in [0.2, 0.25) is 0 Å². The number of aryl methyl sites for hydroxylation is 1. The highest BCUT2D eigenvalue weighted by molar-refractivity contribution is 7.91. The van der Waals surface area contributed by atoms with Crippen molar-refractivity contribution in [2.45, 2.75) is 24.0 Å². The van der Waals surface area contributed by atoms with E-state index in [0.29, 0.717) is 35.0 Å². The molecular weight excluding hydrogens is 412 g/mol. The van der Waals surface area contributed by atoms with Crippen LogP contribution in [0.25, 0.3) is 5.69 Å². The quantitative estimate of drug-likeness (QED) is 0.661. The lowest BCUT2D eigenvalue weighted by atomic mass is 9.98. The molecule has 4 rings (SSSR count). The van der Waals surface area contributed by atoms with Crippen molar-refractivity contribution in [2.24, 2.45) is 5.92 Å². The zero-order valence-electron chi connectivity index (χ0n) is 15.7. The number of nitrogens with zero attached hydrogens (tertiary/aromatic N) is 5. The standard InChI is InChI=1S/C18H20N6O3S2/c1-13-7-8-17(28-13)29(26,27)23-9-3-4-14(11-23)18(25)20-15-5-2-6-16(10-15)24-12-19-21-22-24/h2,5-8,10,12,14H,3-4,9,11H2,1H3,(H,20,25). The van der Waals surface area contributed by atoms with Crippen LogP contribution in [0.1, 0.15) is 17.7 Å². The van der Waals surface area contributed by atoms with Gasteiger partial charge in [-0.3, -0.25) is 4.79 Å². The second kappa shape index (κ2) is 8.01. The monoisotopic (exact) mass is 432 g/mol. The fourth-order valence-electron chi connectivity index (χ4n) is 3.30. The second-order valence-electron chi connectivity index (χ2n) is 6.86. The van der Waals surface area contributed by atoms with E-state index in [0.717, 1.165) is 4.88 Å². The molecule has 0 spiro atoms. The Hall–Kier alpha value is -2.63. The average Bonchev–Trinajstić information content (AvgIpc) is 3.40. The summed E-state index contributed by atoms with van der Waals surface area (Å²) in [5, 5.41) is 13.9. The Labute approximate surface area is 172 Å². The lowest BCUT2D eigenvalue weighted by Gasteiger charge is -2.30. The number of rotatable bonds is 5. The summed E-state index contributed by atoms with van der Waals surface area (Å²) in [5.74, 6) is -0.600. The largest absolute Gasteiger partial charge is 0.326 e. The van der Waals surface area contributed by atoms with Crippen molar-refractivity contribution in [1.29, 1.82) is 0 Å². The highest BCUT2D eigenvalue weighted by atomic mass is 32.2. The first-order valence-corrected chi connectivity index (χ1v) is 11.4. The normalized spacial score (nSPS) is 17.9. The van der Waals surface area contributed by atoms with Crippen LogP contribution in [0.3, 0.4) is 0 Å². The predicted octanol–water partition coefficient (Wildman–Crippen LogP) is 2.07. The van der Waals surface area contributed by atoms with Crippen molar-refractivity contribution in [1.82, 2.24) is 24.5 Å². The molecule has 1 aliphatic rings. The first-order valence-electron chi connectivity index (χ1n) is 9.14. The Balaban J connectivity index is 1.46. The van der Waals surface area contributed by atoms with E-state index in [4.69, 9.17) is 0 Å². The van der Waals surface area contributed by atoms with E-state index in [1.165, 1.54) is 26.7 Å². The van der Waals surface area contributed by atoms with Gasteiger partial charge in [0.1, 0.15) is 10.5 Å². The van der Waals surface area contributed by atoms with Gasteiger partial charge in [0.25, 0.3) is 10.0 Å². The minimum absolute atomic E-state index is 0.178. The number of benzene rings is 1. The number of hydrogen-bond donors (Lipinski definition) is 1. The predicted molar refractivity (Wildman–Crippen MR) is 108 cm³/mol. The number of amides is 1. The lowest BCUT2D eigenvalue weighted by Crippen LogP contribution is -2.43. The number of nitrogens with one attached hydrogen (secondary N) is 1. The molecule has 0 radical (unpaired) electrons. The summed E-state index contributed by atoms with van der Waals surface area (Å²) in [4.78, 5) is 13.7. The zero-order valence-corrected chi connectivity index (χ0v) is 17.4. The third kappa shape index (κ3) is 4.21. The molecule has 1 fully saturated rings. The van der Waals surface area contributed by atoms with E-state index < -0.39 is 15.9 Å². The smallest absolute Gasteiger partial charge is 0.252 e. The van der Waals surface area contributed by atoms with Crippen molar-refractivity contribution in [3.63, 3.8) is 0 Å². The van der Waals surface area contributed by atoms with E-state index in [2.05, 4.69) is 20.8 Å². The molecule has 1 aliphatic heterocycles. The Kier molecular flexibility index (Phi) is 5.43. The van der Waals surface area contributed by atoms with E-state index >= 15 is 0 Å². The van der Waals surface area contributed by atoms with Gasteiger partial charge in [0.05, 0.1) is 11.6 Å². The van der Waals surface area contributed by atoms with Crippen LogP contribution in [0.15, 0.2) is 46.9 Å². The Morgan fingerprint density at radius 3 is 2.86 bits per heavy atom. The minimum Gasteiger partial charge on any atom is -0.326 e. The van der Waals surface area contributed by atoms with Gasteiger partial charge < -0.3 is 5.32 Å². The van der Waals surface area contributed by atoms with Crippen LogP contribution in [-0.4, -0.2) is 51.9 Å². The summed E-state index contributed by atoms with van der Waals surface area (Å²) >= 11 is 1.25. The molecule has 3 aromatic rings. The maximum atomic E-state index is 12.9. The van der Waals surface area contributed by atoms with Gasteiger partial charge in [0.2, 0.25) is 5.91 Å². The maximum Gasteiger partial charge on any atom is 0.252 e. The molecule has 9 nitrogen and oxygen atoms in total. The van der Waals surface area contributed by atoms with Crippen molar-refractivity contribution < 1.29 is 13.2 Å². The van der Waals surface area contributed by atoms with Crippen LogP contribution in [-0.2, 0) is 14.8 Å². The highest BCUT2D eigenvalue weighted by Gasteiger charge is 2.34.